The fourth-order valence-corrected chi connectivity index (χ4v) is 0.0962. The van der Waals surface area contributed by atoms with Crippen molar-refractivity contribution in [2.75, 3.05) is 0 Å². The van der Waals surface area contributed by atoms with Gasteiger partial charge in [-0.25, -0.2) is 0 Å². The Morgan fingerprint density at radius 1 is 1.83 bits per heavy atom. The second-order valence-electron chi connectivity index (χ2n) is 1.52. The maximum absolute atomic E-state index is 9.74. The highest BCUT2D eigenvalue weighted by molar-refractivity contribution is 5.52. The highest BCUT2D eigenvalue weighted by Gasteiger charge is 1.89. The molecule has 0 bridgehead atoms. The van der Waals surface area contributed by atoms with Crippen LogP contribution in [-0.4, -0.2) is 6.29 Å². The predicted octanol–water partition coefficient (Wildman–Crippen LogP) is 1.23. The Hall–Kier alpha value is -0.330. The van der Waals surface area contributed by atoms with Gasteiger partial charge in [-0.1, -0.05) is 13.8 Å². The van der Waals surface area contributed by atoms with Crippen molar-refractivity contribution in [1.29, 1.82) is 0 Å². The molecule has 0 saturated heterocycles. The number of carbonyl (C=O) groups is 1. The third-order valence-electron chi connectivity index (χ3n) is 0.876. The van der Waals surface area contributed by atoms with Crippen molar-refractivity contribution in [3.63, 3.8) is 0 Å². The Morgan fingerprint density at radius 3 is 2.33 bits per heavy atom. The van der Waals surface area contributed by atoms with Crippen LogP contribution in [0.15, 0.2) is 0 Å². The van der Waals surface area contributed by atoms with Crippen LogP contribution in [0.2, 0.25) is 0 Å². The lowest BCUT2D eigenvalue weighted by Crippen LogP contribution is -1.89. The van der Waals surface area contributed by atoms with Crippen LogP contribution in [0.1, 0.15) is 20.3 Å². The molecule has 0 aromatic rings. The lowest BCUT2D eigenvalue weighted by Gasteiger charge is -1.89. The third kappa shape index (κ3) is 1.94. The summed E-state index contributed by atoms with van der Waals surface area (Å²) in [5.74, 6) is 0.255. The van der Waals surface area contributed by atoms with E-state index in [4.69, 9.17) is 0 Å². The van der Waals surface area contributed by atoms with Crippen molar-refractivity contribution in [3.8, 4) is 0 Å². The van der Waals surface area contributed by atoms with Crippen molar-refractivity contribution in [1.82, 2.24) is 0 Å². The fraction of sp³-hybridized carbons (Fsp3) is 0.800. The summed E-state index contributed by atoms with van der Waals surface area (Å²) in [6.45, 7) is 3.91. The van der Waals surface area contributed by atoms with E-state index < -0.39 is 0 Å². The highest BCUT2D eigenvalue weighted by atomic mass is 16.1. The van der Waals surface area contributed by atoms with Gasteiger partial charge in [0.15, 0.2) is 0 Å². The Balaban J connectivity index is 2.96. The normalized spacial score (nSPS) is 13.7. The molecule has 36 valence electrons. The van der Waals surface area contributed by atoms with Crippen LogP contribution in [0.25, 0.3) is 0 Å². The van der Waals surface area contributed by atoms with E-state index in [9.17, 15) is 4.79 Å². The van der Waals surface area contributed by atoms with Gasteiger partial charge in [0, 0.05) is 5.92 Å². The lowest BCUT2D eigenvalue weighted by atomic mass is 10.3. The van der Waals surface area contributed by atoms with Crippen molar-refractivity contribution in [3.05, 3.63) is 0 Å². The number of carbonyl (C=O) groups excluding carboxylic acids is 1. The Morgan fingerprint density at radius 2 is 2.33 bits per heavy atom. The summed E-state index contributed by atoms with van der Waals surface area (Å²) in [5, 5.41) is 0. The van der Waals surface area contributed by atoms with Gasteiger partial charge in [-0.3, -0.25) is 0 Å². The molecule has 0 aliphatic rings. The predicted molar refractivity (Wildman–Crippen MR) is 25.5 cm³/mol. The maximum Gasteiger partial charge on any atom is 0.122 e. The maximum atomic E-state index is 9.74. The zero-order valence-electron chi connectivity index (χ0n) is 4.27. The molecule has 0 radical (unpaired) electrons. The molecule has 0 aromatic heterocycles. The number of aldehydes is 1. The molecule has 0 aliphatic heterocycles. The van der Waals surface area contributed by atoms with Gasteiger partial charge in [0.2, 0.25) is 0 Å². The van der Waals surface area contributed by atoms with Gasteiger partial charge < -0.3 is 4.79 Å². The highest BCUT2D eigenvalue weighted by Crippen LogP contribution is 1.91. The van der Waals surface area contributed by atoms with E-state index >= 15 is 0 Å². The second-order valence-corrected chi connectivity index (χ2v) is 1.52. The first-order valence-electron chi connectivity index (χ1n) is 2.26. The zero-order valence-corrected chi connectivity index (χ0v) is 4.27. The molecule has 1 unspecified atom stereocenters. The van der Waals surface area contributed by atoms with Crippen LogP contribution < -0.4 is 0 Å². The smallest absolute Gasteiger partial charge is 0.122 e. The standard InChI is InChI=1S/C5H10O/c1-3-5(2)4-6/h4-5H,3H2,1-2H3/i1+1,3+1. The summed E-state index contributed by atoms with van der Waals surface area (Å²) >= 11 is 0. The Kier molecular flexibility index (Phi) is 2.73. The first-order chi connectivity index (χ1) is 2.81. The van der Waals surface area contributed by atoms with Crippen LogP contribution in [0.3, 0.4) is 0 Å². The summed E-state index contributed by atoms with van der Waals surface area (Å²) in [7, 11) is 0. The molecular formula is C5H10O. The van der Waals surface area contributed by atoms with Crippen molar-refractivity contribution >= 4 is 6.29 Å². The zero-order chi connectivity index (χ0) is 4.99. The molecule has 1 nitrogen and oxygen atoms in total. The molecule has 0 rings (SSSR count). The van der Waals surface area contributed by atoms with Gasteiger partial charge >= 0.3 is 0 Å². The summed E-state index contributed by atoms with van der Waals surface area (Å²) in [4.78, 5) is 9.74. The lowest BCUT2D eigenvalue weighted by molar-refractivity contribution is -0.110. The Labute approximate surface area is 38.4 Å². The van der Waals surface area contributed by atoms with Gasteiger partial charge in [-0.2, -0.15) is 0 Å². The van der Waals surface area contributed by atoms with Crippen molar-refractivity contribution < 1.29 is 4.79 Å². The third-order valence-corrected chi connectivity index (χ3v) is 0.876. The molecule has 0 amide bonds. The van der Waals surface area contributed by atoms with E-state index in [0.717, 1.165) is 12.7 Å². The van der Waals surface area contributed by atoms with Gasteiger partial charge in [-0.15, -0.1) is 0 Å². The number of rotatable bonds is 2. The molecule has 0 spiro atoms. The van der Waals surface area contributed by atoms with Crippen LogP contribution >= 0.6 is 0 Å². The summed E-state index contributed by atoms with van der Waals surface area (Å²) in [5.41, 5.74) is 0. The van der Waals surface area contributed by atoms with E-state index in [-0.39, 0.29) is 5.92 Å². The van der Waals surface area contributed by atoms with E-state index in [1.165, 1.54) is 0 Å². The van der Waals surface area contributed by atoms with E-state index in [0.29, 0.717) is 0 Å². The monoisotopic (exact) mass is 88.1 g/mol. The molecule has 1 atom stereocenters. The molecule has 0 aliphatic carbocycles. The minimum atomic E-state index is 0.255. The van der Waals surface area contributed by atoms with E-state index in [1.807, 2.05) is 13.8 Å². The van der Waals surface area contributed by atoms with Crippen LogP contribution in [-0.2, 0) is 4.79 Å². The van der Waals surface area contributed by atoms with Gasteiger partial charge in [0.25, 0.3) is 0 Å². The van der Waals surface area contributed by atoms with Crippen LogP contribution in [0.5, 0.6) is 0 Å². The van der Waals surface area contributed by atoms with Gasteiger partial charge in [0.1, 0.15) is 6.29 Å². The molecule has 0 heterocycles. The summed E-state index contributed by atoms with van der Waals surface area (Å²) in [6, 6.07) is 0. The van der Waals surface area contributed by atoms with Gasteiger partial charge in [0.05, 0.1) is 0 Å². The Bertz CT molecular complexity index is 41.2. The van der Waals surface area contributed by atoms with Crippen molar-refractivity contribution in [2.24, 2.45) is 5.92 Å². The second kappa shape index (κ2) is 2.88. The van der Waals surface area contributed by atoms with Crippen molar-refractivity contribution in [2.45, 2.75) is 20.3 Å². The first kappa shape index (κ1) is 5.67. The summed E-state index contributed by atoms with van der Waals surface area (Å²) in [6.07, 6.45) is 1.93. The van der Waals surface area contributed by atoms with Crippen LogP contribution in [0.4, 0.5) is 0 Å². The minimum absolute atomic E-state index is 0.255. The fourth-order valence-electron chi connectivity index (χ4n) is 0.0962. The molecule has 6 heavy (non-hydrogen) atoms. The number of hydrogen-bond donors (Lipinski definition) is 0. The topological polar surface area (TPSA) is 17.1 Å². The van der Waals surface area contributed by atoms with Gasteiger partial charge in [-0.05, 0) is 6.42 Å². The molecule has 0 aromatic carbocycles. The van der Waals surface area contributed by atoms with E-state index in [2.05, 4.69) is 0 Å². The molecule has 1 heteroatoms. The minimum Gasteiger partial charge on any atom is -0.303 e. The first-order valence-corrected chi connectivity index (χ1v) is 2.26. The molecule has 0 N–H and O–H groups in total. The number of hydrogen-bond acceptors (Lipinski definition) is 1. The average Bonchev–Trinajstić information content (AvgIpc) is 1.65. The molecule has 0 saturated carbocycles. The summed E-state index contributed by atoms with van der Waals surface area (Å²) < 4.78 is 0. The average molecular weight is 88.1 g/mol. The molecular weight excluding hydrogens is 78.0 g/mol. The SMILES string of the molecule is CC(C=O)[13CH2][13CH3]. The van der Waals surface area contributed by atoms with E-state index in [1.54, 1.807) is 0 Å². The molecule has 0 fully saturated rings. The van der Waals surface area contributed by atoms with Crippen LogP contribution in [0, 0.1) is 5.92 Å². The largest absolute Gasteiger partial charge is 0.303 e. The quantitative estimate of drug-likeness (QED) is 0.366.